The molecule has 0 saturated heterocycles. The number of hydrogen-bond acceptors (Lipinski definition) is 5. The normalized spacial score (nSPS) is 19.4. The number of hydrogen-bond donors (Lipinski definition) is 2. The van der Waals surface area contributed by atoms with Crippen LogP contribution in [0.5, 0.6) is 0 Å². The Bertz CT molecular complexity index is 1050. The van der Waals surface area contributed by atoms with Crippen LogP contribution in [-0.2, 0) is 14.4 Å². The van der Waals surface area contributed by atoms with Crippen molar-refractivity contribution in [2.45, 2.75) is 30.7 Å². The molecule has 0 fully saturated rings. The molecule has 0 saturated carbocycles. The van der Waals surface area contributed by atoms with E-state index in [1.54, 1.807) is 14.0 Å². The lowest BCUT2D eigenvalue weighted by Gasteiger charge is -2.37. The standard InChI is InChI=1S/C23H27F2N5O2S/c1-15(32-3)21(31)30-23(16-8-5-4-6-9-16,12-7-13-28-22(26)27-2)33-20(29-30)18-14-17(24)10-11-19(18)25/h4-6,8-11,14-15H,7,12-13H2,1-3H3,(H3,26,27,28). The molecule has 2 aromatic rings. The molecular formula is C23H27F2N5O2S. The van der Waals surface area contributed by atoms with Gasteiger partial charge in [-0.15, -0.1) is 0 Å². The Labute approximate surface area is 196 Å². The van der Waals surface area contributed by atoms with Crippen molar-refractivity contribution in [3.63, 3.8) is 0 Å². The van der Waals surface area contributed by atoms with Crippen molar-refractivity contribution in [2.24, 2.45) is 15.8 Å². The van der Waals surface area contributed by atoms with Crippen molar-refractivity contribution in [1.29, 1.82) is 0 Å². The van der Waals surface area contributed by atoms with E-state index in [0.717, 1.165) is 23.8 Å². The Morgan fingerprint density at radius 3 is 2.70 bits per heavy atom. The van der Waals surface area contributed by atoms with Gasteiger partial charge in [0.1, 0.15) is 27.7 Å². The fourth-order valence-electron chi connectivity index (χ4n) is 3.47. The second-order valence-corrected chi connectivity index (χ2v) is 8.72. The molecule has 3 rings (SSSR count). The van der Waals surface area contributed by atoms with Gasteiger partial charge in [-0.25, -0.2) is 13.8 Å². The van der Waals surface area contributed by atoms with Gasteiger partial charge < -0.3 is 15.8 Å². The first-order valence-electron chi connectivity index (χ1n) is 10.4. The number of guanidine groups is 1. The predicted octanol–water partition coefficient (Wildman–Crippen LogP) is 3.40. The van der Waals surface area contributed by atoms with Gasteiger partial charge in [0.05, 0.1) is 0 Å². The second-order valence-electron chi connectivity index (χ2n) is 7.45. The van der Waals surface area contributed by atoms with Crippen molar-refractivity contribution < 1.29 is 18.3 Å². The number of nitrogens with one attached hydrogen (secondary N) is 1. The number of amides is 1. The Morgan fingerprint density at radius 1 is 1.30 bits per heavy atom. The van der Waals surface area contributed by atoms with Gasteiger partial charge >= 0.3 is 0 Å². The maximum atomic E-state index is 14.6. The summed E-state index contributed by atoms with van der Waals surface area (Å²) in [7, 11) is 3.02. The van der Waals surface area contributed by atoms with E-state index in [4.69, 9.17) is 10.5 Å². The van der Waals surface area contributed by atoms with Crippen LogP contribution >= 0.6 is 11.8 Å². The number of carbonyl (C=O) groups is 1. The van der Waals surface area contributed by atoms with Gasteiger partial charge in [0, 0.05) is 26.3 Å². The van der Waals surface area contributed by atoms with Gasteiger partial charge in [0.15, 0.2) is 5.96 Å². The highest BCUT2D eigenvalue weighted by atomic mass is 32.2. The number of carbonyl (C=O) groups excluding carboxylic acids is 1. The predicted molar refractivity (Wildman–Crippen MR) is 127 cm³/mol. The highest BCUT2D eigenvalue weighted by Crippen LogP contribution is 2.50. The molecule has 2 aromatic carbocycles. The molecule has 0 aliphatic carbocycles. The zero-order chi connectivity index (χ0) is 24.0. The lowest BCUT2D eigenvalue weighted by atomic mass is 9.99. The summed E-state index contributed by atoms with van der Waals surface area (Å²) in [5.41, 5.74) is 6.53. The number of ether oxygens (including phenoxy) is 1. The summed E-state index contributed by atoms with van der Waals surface area (Å²) in [6, 6.07) is 12.6. The van der Waals surface area contributed by atoms with E-state index in [0.29, 0.717) is 25.3 Å². The number of rotatable bonds is 8. The molecule has 1 aliphatic heterocycles. The fourth-order valence-corrected chi connectivity index (χ4v) is 4.90. The summed E-state index contributed by atoms with van der Waals surface area (Å²) in [6.07, 6.45) is 0.269. The summed E-state index contributed by atoms with van der Waals surface area (Å²) in [4.78, 5) is 16.2. The van der Waals surface area contributed by atoms with E-state index in [-0.39, 0.29) is 16.5 Å². The quantitative estimate of drug-likeness (QED) is 0.347. The highest BCUT2D eigenvalue weighted by Gasteiger charge is 2.49. The van der Waals surface area contributed by atoms with Crippen molar-refractivity contribution >= 4 is 28.7 Å². The van der Waals surface area contributed by atoms with E-state index < -0.39 is 22.6 Å². The molecule has 0 aromatic heterocycles. The Kier molecular flexibility index (Phi) is 8.04. The summed E-state index contributed by atoms with van der Waals surface area (Å²) in [5.74, 6) is -1.29. The number of aliphatic imine (C=N–C) groups is 1. The molecule has 33 heavy (non-hydrogen) atoms. The summed E-state index contributed by atoms with van der Waals surface area (Å²) in [6.45, 7) is 2.13. The third-order valence-electron chi connectivity index (χ3n) is 5.33. The number of nitrogens with two attached hydrogens (primary N) is 1. The molecule has 1 heterocycles. The van der Waals surface area contributed by atoms with Crippen LogP contribution in [0.15, 0.2) is 58.6 Å². The second kappa shape index (κ2) is 10.8. The van der Waals surface area contributed by atoms with Crippen LogP contribution in [0.2, 0.25) is 0 Å². The maximum absolute atomic E-state index is 14.6. The molecule has 10 heteroatoms. The first-order valence-corrected chi connectivity index (χ1v) is 11.3. The fraction of sp³-hybridized carbons (Fsp3) is 0.348. The summed E-state index contributed by atoms with van der Waals surface area (Å²) in [5, 5.41) is 9.07. The molecule has 3 N–H and O–H groups in total. The van der Waals surface area contributed by atoms with Crippen molar-refractivity contribution in [3.05, 3.63) is 71.3 Å². The Hall–Kier alpha value is -2.98. The topological polar surface area (TPSA) is 92.3 Å². The van der Waals surface area contributed by atoms with Gasteiger partial charge in [-0.3, -0.25) is 9.79 Å². The van der Waals surface area contributed by atoms with Crippen LogP contribution in [0.25, 0.3) is 0 Å². The van der Waals surface area contributed by atoms with Crippen LogP contribution in [0.4, 0.5) is 8.78 Å². The summed E-state index contributed by atoms with van der Waals surface area (Å²) < 4.78 is 33.8. The first-order chi connectivity index (χ1) is 15.8. The van der Waals surface area contributed by atoms with Gasteiger partial charge in [-0.05, 0) is 43.5 Å². The molecule has 0 spiro atoms. The lowest BCUT2D eigenvalue weighted by Crippen LogP contribution is -2.46. The average molecular weight is 476 g/mol. The molecule has 0 bridgehead atoms. The average Bonchev–Trinajstić information content (AvgIpc) is 3.23. The minimum absolute atomic E-state index is 0.00108. The molecule has 0 radical (unpaired) electrons. The van der Waals surface area contributed by atoms with Crippen LogP contribution in [0.1, 0.15) is 30.9 Å². The van der Waals surface area contributed by atoms with Crippen LogP contribution in [-0.4, -0.2) is 48.7 Å². The van der Waals surface area contributed by atoms with Gasteiger partial charge in [0.25, 0.3) is 5.91 Å². The van der Waals surface area contributed by atoms with Gasteiger partial charge in [-0.2, -0.15) is 5.10 Å². The van der Waals surface area contributed by atoms with Crippen LogP contribution < -0.4 is 11.1 Å². The maximum Gasteiger partial charge on any atom is 0.273 e. The Morgan fingerprint density at radius 2 is 2.03 bits per heavy atom. The lowest BCUT2D eigenvalue weighted by molar-refractivity contribution is -0.144. The minimum Gasteiger partial charge on any atom is -0.372 e. The molecule has 1 amide bonds. The minimum atomic E-state index is -0.987. The van der Waals surface area contributed by atoms with E-state index in [2.05, 4.69) is 15.4 Å². The zero-order valence-corrected chi connectivity index (χ0v) is 19.5. The van der Waals surface area contributed by atoms with E-state index >= 15 is 0 Å². The monoisotopic (exact) mass is 475 g/mol. The van der Waals surface area contributed by atoms with Crippen molar-refractivity contribution in [2.75, 3.05) is 20.7 Å². The van der Waals surface area contributed by atoms with E-state index in [9.17, 15) is 13.6 Å². The molecule has 2 unspecified atom stereocenters. The number of hydrazone groups is 1. The third kappa shape index (κ3) is 5.33. The number of nitrogens with zero attached hydrogens (tertiary/aromatic N) is 3. The highest BCUT2D eigenvalue weighted by molar-refractivity contribution is 8.15. The van der Waals surface area contributed by atoms with Crippen molar-refractivity contribution in [3.8, 4) is 0 Å². The third-order valence-corrected chi connectivity index (χ3v) is 6.78. The molecule has 2 atom stereocenters. The van der Waals surface area contributed by atoms with Crippen molar-refractivity contribution in [1.82, 2.24) is 10.3 Å². The molecular weight excluding hydrogens is 448 g/mol. The van der Waals surface area contributed by atoms with E-state index in [1.807, 2.05) is 30.3 Å². The van der Waals surface area contributed by atoms with Gasteiger partial charge in [0.2, 0.25) is 0 Å². The molecule has 176 valence electrons. The SMILES string of the molecule is CN=C(N)NCCCC1(c2ccccc2)SC(c2cc(F)ccc2F)=NN1C(=O)C(C)OC. The van der Waals surface area contributed by atoms with Crippen LogP contribution in [0, 0.1) is 11.6 Å². The largest absolute Gasteiger partial charge is 0.372 e. The van der Waals surface area contributed by atoms with E-state index in [1.165, 1.54) is 23.9 Å². The number of benzene rings is 2. The number of thioether (sulfide) groups is 1. The number of methoxy groups -OCH3 is 1. The summed E-state index contributed by atoms with van der Waals surface area (Å²) >= 11 is 1.22. The first kappa shape index (κ1) is 24.7. The zero-order valence-electron chi connectivity index (χ0n) is 18.7. The smallest absolute Gasteiger partial charge is 0.273 e. The number of halogens is 2. The molecule has 1 aliphatic rings. The molecule has 7 nitrogen and oxygen atoms in total. The Balaban J connectivity index is 2.06. The van der Waals surface area contributed by atoms with Gasteiger partial charge in [-0.1, -0.05) is 42.1 Å². The van der Waals surface area contributed by atoms with Crippen LogP contribution in [0.3, 0.4) is 0 Å².